The van der Waals surface area contributed by atoms with Gasteiger partial charge < -0.3 is 0 Å². The molecule has 1 rings (SSSR count). The molecule has 0 aliphatic rings. The highest BCUT2D eigenvalue weighted by atomic mass is 16.6. The van der Waals surface area contributed by atoms with Crippen molar-refractivity contribution in [1.29, 1.82) is 5.26 Å². The Bertz CT molecular complexity index is 221. The van der Waals surface area contributed by atoms with Crippen molar-refractivity contribution in [1.82, 2.24) is 10.3 Å². The maximum Gasteiger partial charge on any atom is 0.207 e. The van der Waals surface area contributed by atoms with E-state index < -0.39 is 0 Å². The quantitative estimate of drug-likeness (QED) is 0.479. The molecule has 0 atom stereocenters. The van der Waals surface area contributed by atoms with Gasteiger partial charge in [-0.2, -0.15) is 5.26 Å². The SMILES string of the molecule is Cc1nonc1C#N. The summed E-state index contributed by atoms with van der Waals surface area (Å²) in [6.07, 6.45) is 0. The predicted octanol–water partition coefficient (Wildman–Crippen LogP) is 0.250. The highest BCUT2D eigenvalue weighted by Gasteiger charge is 1.99. The van der Waals surface area contributed by atoms with E-state index in [1.54, 1.807) is 6.92 Å². The smallest absolute Gasteiger partial charge is 0.207 e. The van der Waals surface area contributed by atoms with Gasteiger partial charge in [0.1, 0.15) is 11.8 Å². The second-order valence-corrected chi connectivity index (χ2v) is 1.31. The van der Waals surface area contributed by atoms with Gasteiger partial charge in [-0.25, -0.2) is 4.63 Å². The topological polar surface area (TPSA) is 62.7 Å². The van der Waals surface area contributed by atoms with Gasteiger partial charge in [0.2, 0.25) is 5.69 Å². The summed E-state index contributed by atoms with van der Waals surface area (Å²) in [6, 6.07) is 1.81. The first-order valence-electron chi connectivity index (χ1n) is 2.04. The lowest BCUT2D eigenvalue weighted by atomic mass is 10.4. The molecule has 1 aromatic rings. The molecule has 0 aliphatic carbocycles. The van der Waals surface area contributed by atoms with E-state index in [-0.39, 0.29) is 5.69 Å². The van der Waals surface area contributed by atoms with Crippen molar-refractivity contribution in [2.24, 2.45) is 0 Å². The third kappa shape index (κ3) is 0.540. The Balaban J connectivity index is 3.15. The van der Waals surface area contributed by atoms with Crippen LogP contribution in [0.2, 0.25) is 0 Å². The first-order chi connectivity index (χ1) is 3.84. The molecule has 8 heavy (non-hydrogen) atoms. The average Bonchev–Trinajstić information content (AvgIpc) is 2.14. The van der Waals surface area contributed by atoms with E-state index in [2.05, 4.69) is 14.9 Å². The van der Waals surface area contributed by atoms with E-state index in [1.807, 2.05) is 6.07 Å². The number of nitriles is 1. The van der Waals surface area contributed by atoms with Crippen molar-refractivity contribution in [2.75, 3.05) is 0 Å². The van der Waals surface area contributed by atoms with E-state index in [0.29, 0.717) is 5.69 Å². The second kappa shape index (κ2) is 1.62. The molecular formula is C4H3N3O. The Morgan fingerprint density at radius 3 is 2.62 bits per heavy atom. The molecule has 0 saturated carbocycles. The maximum atomic E-state index is 8.19. The molecule has 0 aromatic carbocycles. The van der Waals surface area contributed by atoms with Crippen LogP contribution in [0.3, 0.4) is 0 Å². The summed E-state index contributed by atoms with van der Waals surface area (Å²) in [5.41, 5.74) is 0.789. The van der Waals surface area contributed by atoms with Crippen molar-refractivity contribution in [2.45, 2.75) is 6.92 Å². The van der Waals surface area contributed by atoms with Crippen LogP contribution in [0.25, 0.3) is 0 Å². The summed E-state index contributed by atoms with van der Waals surface area (Å²) in [7, 11) is 0. The van der Waals surface area contributed by atoms with Crippen LogP contribution in [-0.2, 0) is 0 Å². The molecule has 4 heteroatoms. The molecule has 0 spiro atoms. The predicted molar refractivity (Wildman–Crippen MR) is 23.7 cm³/mol. The van der Waals surface area contributed by atoms with Crippen molar-refractivity contribution in [3.05, 3.63) is 11.4 Å². The van der Waals surface area contributed by atoms with Crippen LogP contribution < -0.4 is 0 Å². The van der Waals surface area contributed by atoms with Gasteiger partial charge in [0.15, 0.2) is 0 Å². The number of hydrogen-bond acceptors (Lipinski definition) is 4. The molecular weight excluding hydrogens is 106 g/mol. The first-order valence-corrected chi connectivity index (χ1v) is 2.04. The van der Waals surface area contributed by atoms with Crippen LogP contribution >= 0.6 is 0 Å². The minimum absolute atomic E-state index is 0.255. The summed E-state index contributed by atoms with van der Waals surface area (Å²) in [5.74, 6) is 0. The normalized spacial score (nSPS) is 8.50. The van der Waals surface area contributed by atoms with Gasteiger partial charge in [-0.3, -0.25) is 0 Å². The van der Waals surface area contributed by atoms with Crippen molar-refractivity contribution < 1.29 is 4.63 Å². The Hall–Kier alpha value is -1.37. The summed E-state index contributed by atoms with van der Waals surface area (Å²) in [6.45, 7) is 1.66. The van der Waals surface area contributed by atoms with Crippen LogP contribution in [0.4, 0.5) is 0 Å². The van der Waals surface area contributed by atoms with Gasteiger partial charge in [0.05, 0.1) is 0 Å². The monoisotopic (exact) mass is 109 g/mol. The minimum Gasteiger partial charge on any atom is -0.243 e. The molecule has 0 radical (unpaired) electrons. The minimum atomic E-state index is 0.255. The van der Waals surface area contributed by atoms with Crippen molar-refractivity contribution in [3.63, 3.8) is 0 Å². The lowest BCUT2D eigenvalue weighted by Gasteiger charge is -1.68. The molecule has 4 nitrogen and oxygen atoms in total. The molecule has 0 amide bonds. The van der Waals surface area contributed by atoms with Crippen LogP contribution in [0.15, 0.2) is 4.63 Å². The molecule has 0 aliphatic heterocycles. The average molecular weight is 109 g/mol. The largest absolute Gasteiger partial charge is 0.243 e. The van der Waals surface area contributed by atoms with Gasteiger partial charge in [-0.05, 0) is 12.1 Å². The van der Waals surface area contributed by atoms with E-state index in [0.717, 1.165) is 0 Å². The summed E-state index contributed by atoms with van der Waals surface area (Å²) in [5, 5.41) is 14.9. The fourth-order valence-corrected chi connectivity index (χ4v) is 0.333. The Morgan fingerprint density at radius 1 is 1.62 bits per heavy atom. The van der Waals surface area contributed by atoms with Gasteiger partial charge in [0, 0.05) is 0 Å². The summed E-state index contributed by atoms with van der Waals surface area (Å²) in [4.78, 5) is 0. The lowest BCUT2D eigenvalue weighted by Crippen LogP contribution is -1.74. The highest BCUT2D eigenvalue weighted by Crippen LogP contribution is 1.95. The Morgan fingerprint density at radius 2 is 2.38 bits per heavy atom. The highest BCUT2D eigenvalue weighted by molar-refractivity contribution is 5.20. The van der Waals surface area contributed by atoms with Crippen LogP contribution in [0.5, 0.6) is 0 Å². The summed E-state index contributed by atoms with van der Waals surface area (Å²) >= 11 is 0. The van der Waals surface area contributed by atoms with Gasteiger partial charge in [-0.15, -0.1) is 0 Å². The Labute approximate surface area is 45.7 Å². The number of rotatable bonds is 0. The number of aryl methyl sites for hydroxylation is 1. The van der Waals surface area contributed by atoms with Crippen molar-refractivity contribution >= 4 is 0 Å². The molecule has 0 N–H and O–H groups in total. The molecule has 0 saturated heterocycles. The number of nitrogens with zero attached hydrogens (tertiary/aromatic N) is 3. The van der Waals surface area contributed by atoms with Gasteiger partial charge >= 0.3 is 0 Å². The maximum absolute atomic E-state index is 8.19. The second-order valence-electron chi connectivity index (χ2n) is 1.31. The van der Waals surface area contributed by atoms with Crippen LogP contribution in [0, 0.1) is 18.3 Å². The zero-order chi connectivity index (χ0) is 5.98. The molecule has 0 unspecified atom stereocenters. The molecule has 1 aromatic heterocycles. The summed E-state index contributed by atoms with van der Waals surface area (Å²) < 4.78 is 4.21. The van der Waals surface area contributed by atoms with E-state index in [1.165, 1.54) is 0 Å². The fourth-order valence-electron chi connectivity index (χ4n) is 0.333. The zero-order valence-electron chi connectivity index (χ0n) is 4.25. The Kier molecular flexibility index (Phi) is 0.968. The van der Waals surface area contributed by atoms with Crippen molar-refractivity contribution in [3.8, 4) is 6.07 Å². The van der Waals surface area contributed by atoms with E-state index in [4.69, 9.17) is 5.26 Å². The fraction of sp³-hybridized carbons (Fsp3) is 0.250. The standard InChI is InChI=1S/C4H3N3O/c1-3-4(2-5)7-8-6-3/h1H3. The third-order valence-corrected chi connectivity index (χ3v) is 0.758. The first kappa shape index (κ1) is 4.78. The zero-order valence-corrected chi connectivity index (χ0v) is 4.25. The van der Waals surface area contributed by atoms with E-state index >= 15 is 0 Å². The lowest BCUT2D eigenvalue weighted by molar-refractivity contribution is 0.303. The number of hydrogen-bond donors (Lipinski definition) is 0. The van der Waals surface area contributed by atoms with Gasteiger partial charge in [0.25, 0.3) is 0 Å². The molecule has 1 heterocycles. The molecule has 40 valence electrons. The molecule has 0 bridgehead atoms. The van der Waals surface area contributed by atoms with Crippen LogP contribution in [0.1, 0.15) is 11.4 Å². The molecule has 0 fully saturated rings. The number of aromatic nitrogens is 2. The van der Waals surface area contributed by atoms with Gasteiger partial charge in [-0.1, -0.05) is 5.16 Å². The van der Waals surface area contributed by atoms with E-state index in [9.17, 15) is 0 Å². The third-order valence-electron chi connectivity index (χ3n) is 0.758. The van der Waals surface area contributed by atoms with Crippen LogP contribution in [-0.4, -0.2) is 10.3 Å².